The van der Waals surface area contributed by atoms with E-state index >= 15 is 0 Å². The number of benzene rings is 2. The number of hydrogen-bond donors (Lipinski definition) is 3. The van der Waals surface area contributed by atoms with E-state index in [0.29, 0.717) is 16.4 Å². The van der Waals surface area contributed by atoms with E-state index in [1.54, 1.807) is 29.8 Å². The summed E-state index contributed by atoms with van der Waals surface area (Å²) in [5.74, 6) is -0.140. The SMILES string of the molecule is CC(=O)Nc1ccc(NC(=O)NSc2ccc(N3CCCC4=C3CCCC4)cc2Cl)cc1. The van der Waals surface area contributed by atoms with E-state index in [1.165, 1.54) is 56.7 Å². The number of carbonyl (C=O) groups is 2. The topological polar surface area (TPSA) is 73.5 Å². The third-order valence-corrected chi connectivity index (χ3v) is 6.97. The Morgan fingerprint density at radius 3 is 2.34 bits per heavy atom. The lowest BCUT2D eigenvalue weighted by atomic mass is 9.89. The second kappa shape index (κ2) is 10.3. The quantitative estimate of drug-likeness (QED) is 0.433. The van der Waals surface area contributed by atoms with Crippen molar-refractivity contribution < 1.29 is 9.59 Å². The van der Waals surface area contributed by atoms with Gasteiger partial charge in [-0.1, -0.05) is 17.2 Å². The lowest BCUT2D eigenvalue weighted by Gasteiger charge is -2.36. The van der Waals surface area contributed by atoms with Gasteiger partial charge in [-0.25, -0.2) is 4.79 Å². The van der Waals surface area contributed by atoms with Crippen LogP contribution in [0.2, 0.25) is 5.02 Å². The smallest absolute Gasteiger partial charge is 0.329 e. The molecule has 2 aromatic rings. The van der Waals surface area contributed by atoms with Crippen molar-refractivity contribution in [1.29, 1.82) is 0 Å². The molecule has 1 aliphatic heterocycles. The molecule has 0 spiro atoms. The first-order valence-electron chi connectivity index (χ1n) is 10.9. The molecule has 6 nitrogen and oxygen atoms in total. The van der Waals surface area contributed by atoms with E-state index in [-0.39, 0.29) is 11.9 Å². The van der Waals surface area contributed by atoms with E-state index in [4.69, 9.17) is 11.6 Å². The maximum Gasteiger partial charge on any atom is 0.329 e. The van der Waals surface area contributed by atoms with Gasteiger partial charge in [0.1, 0.15) is 0 Å². The van der Waals surface area contributed by atoms with Crippen LogP contribution in [-0.2, 0) is 4.79 Å². The first kappa shape index (κ1) is 22.6. The van der Waals surface area contributed by atoms with Gasteiger partial charge in [0.05, 0.1) is 5.02 Å². The second-order valence-corrected chi connectivity index (χ2v) is 9.30. The molecule has 0 saturated heterocycles. The Bertz CT molecular complexity index is 1030. The van der Waals surface area contributed by atoms with Crippen molar-refractivity contribution in [1.82, 2.24) is 4.72 Å². The molecule has 168 valence electrons. The molecule has 0 unspecified atom stereocenters. The number of allylic oxidation sites excluding steroid dienone is 2. The number of urea groups is 1. The standard InChI is InChI=1S/C24H27ClN4O2S/c1-16(30)26-18-8-10-19(11-9-18)27-24(31)28-32-23-13-12-20(15-21(23)25)29-14-4-6-17-5-2-3-7-22(17)29/h8-13,15H,2-7,14H2,1H3,(H,26,30)(H2,27,28,31). The number of nitrogens with one attached hydrogen (secondary N) is 3. The van der Waals surface area contributed by atoms with Crippen LogP contribution in [-0.4, -0.2) is 18.5 Å². The molecule has 1 heterocycles. The first-order valence-corrected chi connectivity index (χ1v) is 12.1. The predicted molar refractivity (Wildman–Crippen MR) is 132 cm³/mol. The van der Waals surface area contributed by atoms with Crippen LogP contribution in [0.25, 0.3) is 0 Å². The van der Waals surface area contributed by atoms with E-state index in [9.17, 15) is 9.59 Å². The van der Waals surface area contributed by atoms with Crippen molar-refractivity contribution >= 4 is 52.5 Å². The van der Waals surface area contributed by atoms with Crippen molar-refractivity contribution in [2.75, 3.05) is 22.1 Å². The summed E-state index contributed by atoms with van der Waals surface area (Å²) in [5.41, 5.74) is 5.52. The van der Waals surface area contributed by atoms with Crippen molar-refractivity contribution in [3.05, 3.63) is 58.8 Å². The van der Waals surface area contributed by atoms with Gasteiger partial charge >= 0.3 is 6.03 Å². The van der Waals surface area contributed by atoms with Crippen LogP contribution in [0.3, 0.4) is 0 Å². The van der Waals surface area contributed by atoms with Gasteiger partial charge in [-0.15, -0.1) is 0 Å². The Morgan fingerprint density at radius 1 is 0.938 bits per heavy atom. The summed E-state index contributed by atoms with van der Waals surface area (Å²) in [6.07, 6.45) is 7.34. The average Bonchev–Trinajstić information content (AvgIpc) is 2.79. The molecular weight excluding hydrogens is 444 g/mol. The highest BCUT2D eigenvalue weighted by Crippen LogP contribution is 2.38. The van der Waals surface area contributed by atoms with Crippen molar-refractivity contribution in [3.63, 3.8) is 0 Å². The van der Waals surface area contributed by atoms with E-state index in [1.807, 2.05) is 12.1 Å². The monoisotopic (exact) mass is 470 g/mol. The van der Waals surface area contributed by atoms with Gasteiger partial charge in [-0.3, -0.25) is 9.52 Å². The Kier molecular flexibility index (Phi) is 7.27. The zero-order chi connectivity index (χ0) is 22.5. The van der Waals surface area contributed by atoms with Crippen LogP contribution in [0, 0.1) is 0 Å². The lowest BCUT2D eigenvalue weighted by molar-refractivity contribution is -0.114. The molecule has 0 atom stereocenters. The molecule has 2 aromatic carbocycles. The molecule has 32 heavy (non-hydrogen) atoms. The number of carbonyl (C=O) groups excluding carboxylic acids is 2. The summed E-state index contributed by atoms with van der Waals surface area (Å²) in [7, 11) is 0. The Labute approximate surface area is 197 Å². The van der Waals surface area contributed by atoms with Gasteiger partial charge in [0, 0.05) is 41.1 Å². The summed E-state index contributed by atoms with van der Waals surface area (Å²) in [6.45, 7) is 2.48. The number of anilines is 3. The normalized spacial score (nSPS) is 15.8. The highest BCUT2D eigenvalue weighted by molar-refractivity contribution is 7.98. The fraction of sp³-hybridized carbons (Fsp3) is 0.333. The molecule has 2 aliphatic rings. The minimum Gasteiger partial charge on any atom is -0.345 e. The van der Waals surface area contributed by atoms with Gasteiger partial charge in [0.25, 0.3) is 0 Å². The largest absolute Gasteiger partial charge is 0.345 e. The molecule has 3 amide bonds. The van der Waals surface area contributed by atoms with Crippen molar-refractivity contribution in [2.45, 2.75) is 50.3 Å². The maximum atomic E-state index is 12.3. The van der Waals surface area contributed by atoms with E-state index in [0.717, 1.165) is 23.5 Å². The van der Waals surface area contributed by atoms with Gasteiger partial charge in [-0.05, 0) is 92.9 Å². The van der Waals surface area contributed by atoms with E-state index < -0.39 is 0 Å². The van der Waals surface area contributed by atoms with E-state index in [2.05, 4.69) is 26.3 Å². The molecule has 4 rings (SSSR count). The third kappa shape index (κ3) is 5.58. The molecular formula is C24H27ClN4O2S. The molecule has 0 bridgehead atoms. The van der Waals surface area contributed by atoms with Crippen LogP contribution >= 0.6 is 23.5 Å². The summed E-state index contributed by atoms with van der Waals surface area (Å²) < 4.78 is 2.77. The number of halogens is 1. The molecule has 8 heteroatoms. The van der Waals surface area contributed by atoms with Crippen LogP contribution in [0.15, 0.2) is 58.6 Å². The molecule has 0 aromatic heterocycles. The fourth-order valence-corrected chi connectivity index (χ4v) is 5.09. The lowest BCUT2D eigenvalue weighted by Crippen LogP contribution is -2.30. The predicted octanol–water partition coefficient (Wildman–Crippen LogP) is 6.56. The number of rotatable bonds is 5. The third-order valence-electron chi connectivity index (χ3n) is 5.68. The van der Waals surface area contributed by atoms with Crippen molar-refractivity contribution in [2.24, 2.45) is 0 Å². The highest BCUT2D eigenvalue weighted by Gasteiger charge is 2.23. The average molecular weight is 471 g/mol. The Balaban J connectivity index is 1.35. The number of nitrogens with zero attached hydrogens (tertiary/aromatic N) is 1. The highest BCUT2D eigenvalue weighted by atomic mass is 35.5. The molecule has 3 N–H and O–H groups in total. The minimum atomic E-state index is -0.351. The van der Waals surface area contributed by atoms with Gasteiger partial charge < -0.3 is 15.5 Å². The number of amides is 3. The first-order chi connectivity index (χ1) is 15.5. The molecule has 0 saturated carbocycles. The second-order valence-electron chi connectivity index (χ2n) is 8.04. The minimum absolute atomic E-state index is 0.140. The van der Waals surface area contributed by atoms with Crippen LogP contribution in [0.4, 0.5) is 21.9 Å². The van der Waals surface area contributed by atoms with Gasteiger partial charge in [0.2, 0.25) is 5.91 Å². The zero-order valence-electron chi connectivity index (χ0n) is 18.0. The van der Waals surface area contributed by atoms with Crippen molar-refractivity contribution in [3.8, 4) is 0 Å². The van der Waals surface area contributed by atoms with Crippen LogP contribution in [0.5, 0.6) is 0 Å². The summed E-state index contributed by atoms with van der Waals surface area (Å²) in [5, 5.41) is 6.08. The summed E-state index contributed by atoms with van der Waals surface area (Å²) >= 11 is 7.74. The maximum absolute atomic E-state index is 12.3. The fourth-order valence-electron chi connectivity index (χ4n) is 4.26. The van der Waals surface area contributed by atoms with Gasteiger partial charge in [0.15, 0.2) is 0 Å². The van der Waals surface area contributed by atoms with Gasteiger partial charge in [-0.2, -0.15) is 0 Å². The molecule has 0 fully saturated rings. The zero-order valence-corrected chi connectivity index (χ0v) is 19.6. The Hall–Kier alpha value is -2.64. The molecule has 0 radical (unpaired) electrons. The van der Waals surface area contributed by atoms with Crippen LogP contribution in [0.1, 0.15) is 45.4 Å². The van der Waals surface area contributed by atoms with Crippen LogP contribution < -0.4 is 20.3 Å². The number of hydrogen-bond acceptors (Lipinski definition) is 4. The summed E-state index contributed by atoms with van der Waals surface area (Å²) in [4.78, 5) is 26.6. The Morgan fingerprint density at radius 2 is 1.62 bits per heavy atom. The molecule has 1 aliphatic carbocycles. The summed E-state index contributed by atoms with van der Waals surface area (Å²) in [6, 6.07) is 12.6.